The number of carbonyl (C=O) groups is 2. The number of alkyl halides is 4. The number of halogens is 5. The van der Waals surface area contributed by atoms with Gasteiger partial charge in [0, 0.05) is 5.56 Å². The summed E-state index contributed by atoms with van der Waals surface area (Å²) in [7, 11) is -11.5. The van der Waals surface area contributed by atoms with E-state index in [4.69, 9.17) is 16.7 Å². The molecule has 0 aromatic heterocycles. The standard InChI is InChI=1S/C9H8F2O5S.C7H5ClO.C6H15N.C2H4F2O4S.2Na/c10-9(11,17(13,14)15)6-16-8(12)7-4-2-1-3-5-7;8-7(9)6-4-2-1-3-5-6;1-4-7(5-2)6-3;3-2(4,1-5)9(6,7)8;;/h1-5H,6H2,(H,13,14,15);1-5H;4-6H2,1-3H3;5H,1H2,(H,6,7,8);;/q;;;;2*+1/p-2. The zero-order valence-corrected chi connectivity index (χ0v) is 31.0. The van der Waals surface area contributed by atoms with Crippen LogP contribution in [0.3, 0.4) is 0 Å². The summed E-state index contributed by atoms with van der Waals surface area (Å²) in [5.74, 6) is -1.13. The molecule has 0 unspecified atom stereocenters. The third kappa shape index (κ3) is 21.2. The van der Waals surface area contributed by atoms with Crippen molar-refractivity contribution in [1.29, 1.82) is 0 Å². The maximum Gasteiger partial charge on any atom is 1.00 e. The molecule has 0 fully saturated rings. The van der Waals surface area contributed by atoms with Crippen LogP contribution in [0.1, 0.15) is 41.5 Å². The van der Waals surface area contributed by atoms with E-state index in [1.807, 2.05) is 6.07 Å². The van der Waals surface area contributed by atoms with Gasteiger partial charge in [0.15, 0.2) is 26.8 Å². The molecule has 0 aliphatic carbocycles. The Bertz CT molecular complexity index is 1290. The van der Waals surface area contributed by atoms with Gasteiger partial charge in [-0.05, 0) is 43.4 Å². The van der Waals surface area contributed by atoms with Crippen molar-refractivity contribution in [3.8, 4) is 0 Å². The predicted octanol–water partition coefficient (Wildman–Crippen LogP) is -2.48. The predicted molar refractivity (Wildman–Crippen MR) is 143 cm³/mol. The Morgan fingerprint density at radius 3 is 1.32 bits per heavy atom. The van der Waals surface area contributed by atoms with E-state index >= 15 is 0 Å². The minimum atomic E-state index is -5.84. The molecule has 0 saturated carbocycles. The molecule has 0 spiro atoms. The number of ether oxygens (including phenoxy) is 1. The minimum Gasteiger partial charge on any atom is -0.743 e. The smallest absolute Gasteiger partial charge is 0.743 e. The Labute approximate surface area is 303 Å². The molecular weight excluding hydrogens is 684 g/mol. The monoisotopic (exact) mass is 713 g/mol. The van der Waals surface area contributed by atoms with Crippen molar-refractivity contribution in [3.63, 3.8) is 0 Å². The molecule has 44 heavy (non-hydrogen) atoms. The molecule has 2 rings (SSSR count). The summed E-state index contributed by atoms with van der Waals surface area (Å²) in [6.07, 6.45) is 0. The van der Waals surface area contributed by atoms with Gasteiger partial charge >= 0.3 is 75.6 Å². The molecule has 0 amide bonds. The summed E-state index contributed by atoms with van der Waals surface area (Å²) in [6, 6.07) is 15.9. The number of carbonyl (C=O) groups excluding carboxylic acids is 2. The van der Waals surface area contributed by atoms with Crippen LogP contribution >= 0.6 is 11.6 Å². The second-order valence-electron chi connectivity index (χ2n) is 7.54. The average Bonchev–Trinajstić information content (AvgIpc) is 2.93. The molecule has 0 aliphatic rings. The zero-order valence-electron chi connectivity index (χ0n) is 24.6. The van der Waals surface area contributed by atoms with Crippen molar-refractivity contribution in [2.24, 2.45) is 0 Å². The Kier molecular flexibility index (Phi) is 27.9. The number of nitrogens with zero attached hydrogens (tertiary/aromatic N) is 1. The Morgan fingerprint density at radius 1 is 0.773 bits per heavy atom. The molecule has 11 nitrogen and oxygen atoms in total. The van der Waals surface area contributed by atoms with Crippen LogP contribution in [0.25, 0.3) is 0 Å². The Hall–Kier alpha value is -0.670. The van der Waals surface area contributed by atoms with E-state index in [2.05, 4.69) is 30.4 Å². The summed E-state index contributed by atoms with van der Waals surface area (Å²) in [5.41, 5.74) is 0.519. The molecule has 0 aliphatic heterocycles. The zero-order chi connectivity index (χ0) is 33.2. The van der Waals surface area contributed by atoms with E-state index in [-0.39, 0.29) is 64.7 Å². The van der Waals surface area contributed by atoms with Crippen LogP contribution in [0, 0.1) is 0 Å². The van der Waals surface area contributed by atoms with Crippen LogP contribution in [-0.2, 0) is 25.0 Å². The van der Waals surface area contributed by atoms with Crippen molar-refractivity contribution >= 4 is 43.0 Å². The van der Waals surface area contributed by atoms with Crippen LogP contribution in [0.4, 0.5) is 17.6 Å². The van der Waals surface area contributed by atoms with Crippen LogP contribution in [0.2, 0.25) is 0 Å². The first kappa shape index (κ1) is 50.2. The van der Waals surface area contributed by atoms with E-state index < -0.39 is 55.2 Å². The Morgan fingerprint density at radius 2 is 1.11 bits per heavy atom. The molecule has 0 saturated heterocycles. The fraction of sp³-hybridized carbons (Fsp3) is 0.417. The summed E-state index contributed by atoms with van der Waals surface area (Å²) in [5, 5.41) is -1.98. The number of hydrogen-bond donors (Lipinski definition) is 1. The van der Waals surface area contributed by atoms with Gasteiger partial charge in [-0.25, -0.2) is 21.6 Å². The fourth-order valence-electron chi connectivity index (χ4n) is 2.20. The summed E-state index contributed by atoms with van der Waals surface area (Å²) >= 11 is 5.16. The summed E-state index contributed by atoms with van der Waals surface area (Å²) in [6.45, 7) is 6.35. The summed E-state index contributed by atoms with van der Waals surface area (Å²) < 4.78 is 111. The number of hydrogen-bond acceptors (Lipinski definition) is 11. The first-order valence-electron chi connectivity index (χ1n) is 11.7. The molecule has 1 N–H and O–H groups in total. The molecular formula is C24H30ClF4NNa2O10S2. The van der Waals surface area contributed by atoms with Crippen molar-refractivity contribution < 1.29 is 122 Å². The first-order chi connectivity index (χ1) is 19.2. The summed E-state index contributed by atoms with van der Waals surface area (Å²) in [4.78, 5) is 24.0. The molecule has 0 radical (unpaired) electrons. The molecule has 0 bridgehead atoms. The largest absolute Gasteiger partial charge is 1.00 e. The Balaban J connectivity index is -0.000000256. The molecule has 20 heteroatoms. The topological polar surface area (TPSA) is 181 Å². The van der Waals surface area contributed by atoms with Gasteiger partial charge in [-0.1, -0.05) is 69.3 Å². The maximum absolute atomic E-state index is 12.6. The molecule has 2 aromatic carbocycles. The maximum atomic E-state index is 12.6. The van der Waals surface area contributed by atoms with Crippen LogP contribution in [0.15, 0.2) is 60.7 Å². The number of esters is 1. The number of benzene rings is 2. The third-order valence-electron chi connectivity index (χ3n) is 4.64. The minimum absolute atomic E-state index is 0. The van der Waals surface area contributed by atoms with E-state index in [1.54, 1.807) is 30.3 Å². The van der Waals surface area contributed by atoms with Gasteiger partial charge in [-0.2, -0.15) is 17.6 Å². The van der Waals surface area contributed by atoms with E-state index in [0.29, 0.717) is 5.56 Å². The van der Waals surface area contributed by atoms with E-state index in [1.165, 1.54) is 43.9 Å². The number of rotatable bonds is 10. The van der Waals surface area contributed by atoms with Crippen LogP contribution in [0.5, 0.6) is 0 Å². The van der Waals surface area contributed by atoms with Crippen molar-refractivity contribution in [3.05, 3.63) is 71.8 Å². The van der Waals surface area contributed by atoms with Crippen LogP contribution in [-0.4, -0.2) is 90.5 Å². The van der Waals surface area contributed by atoms with Crippen LogP contribution < -0.4 is 59.1 Å². The van der Waals surface area contributed by atoms with Crippen molar-refractivity contribution in [1.82, 2.24) is 4.90 Å². The second kappa shape index (κ2) is 24.5. The molecule has 0 heterocycles. The first-order valence-corrected chi connectivity index (χ1v) is 14.9. The van der Waals surface area contributed by atoms with Gasteiger partial charge < -0.3 is 23.8 Å². The van der Waals surface area contributed by atoms with Crippen molar-refractivity contribution in [2.45, 2.75) is 31.3 Å². The number of aliphatic hydroxyl groups excluding tert-OH is 1. The quantitative estimate of drug-likeness (QED) is 0.0906. The third-order valence-corrected chi connectivity index (χ3v) is 6.57. The van der Waals surface area contributed by atoms with Gasteiger partial charge in [-0.15, -0.1) is 0 Å². The van der Waals surface area contributed by atoms with Gasteiger partial charge in [0.05, 0.1) is 5.56 Å². The van der Waals surface area contributed by atoms with Gasteiger partial charge in [0.1, 0.15) is 6.61 Å². The number of aliphatic hydroxyl groups is 1. The van der Waals surface area contributed by atoms with Gasteiger partial charge in [-0.3, -0.25) is 4.79 Å². The van der Waals surface area contributed by atoms with Gasteiger partial charge in [0.2, 0.25) is 0 Å². The van der Waals surface area contributed by atoms with E-state index in [0.717, 1.165) is 0 Å². The second-order valence-corrected chi connectivity index (χ2v) is 10.9. The van der Waals surface area contributed by atoms with Gasteiger partial charge in [0.25, 0.3) is 5.24 Å². The normalized spacial score (nSPS) is 11.0. The fourth-order valence-corrected chi connectivity index (χ4v) is 2.69. The van der Waals surface area contributed by atoms with E-state index in [9.17, 15) is 53.1 Å². The van der Waals surface area contributed by atoms with Crippen molar-refractivity contribution in [2.75, 3.05) is 32.8 Å². The average molecular weight is 714 g/mol. The molecule has 2 aromatic rings. The SMILES string of the molecule is CCN(CC)CC.O=C(Cl)c1ccccc1.O=C(OCC(F)(F)S(=O)(=O)[O-])c1ccccc1.O=S(=O)([O-])C(F)(F)CO.[Na+].[Na+]. The molecule has 0 atom stereocenters. The molecule has 240 valence electrons.